The molecule has 0 bridgehead atoms. The van der Waals surface area contributed by atoms with Crippen LogP contribution in [0.25, 0.3) is 0 Å². The number of hydrogen-bond donors (Lipinski definition) is 0. The summed E-state index contributed by atoms with van der Waals surface area (Å²) in [5, 5.41) is 25.6. The third kappa shape index (κ3) is 52.5. The first-order chi connectivity index (χ1) is 29.3. The summed E-state index contributed by atoms with van der Waals surface area (Å²) in [7, 11) is -1.70. The van der Waals surface area contributed by atoms with Gasteiger partial charge in [-0.25, -0.2) is 30.6 Å². The molecule has 443 valence electrons. The molecule has 0 aliphatic rings. The molecule has 76 heavy (non-hydrogen) atoms. The third-order valence-electron chi connectivity index (χ3n) is 11.1. The Morgan fingerprint density at radius 1 is 0.276 bits per heavy atom. The molecule has 6 rings (SSSR count). The van der Waals surface area contributed by atoms with Crippen LogP contribution in [0, 0.1) is 0 Å². The molecule has 6 aromatic rings. The quantitative estimate of drug-likeness (QED) is 0.0629. The minimum Gasteiger partial charge on any atom is -2.00 e. The van der Waals surface area contributed by atoms with Gasteiger partial charge in [-0.3, -0.25) is 0 Å². The zero-order chi connectivity index (χ0) is 44.4. The van der Waals surface area contributed by atoms with E-state index in [9.17, 15) is 0 Å². The molecule has 6 aromatic heterocycles. The molecule has 34 heteroatoms. The van der Waals surface area contributed by atoms with Crippen molar-refractivity contribution in [1.29, 1.82) is 0 Å². The molecule has 0 saturated heterocycles. The standard InChI is InChI=1S/2C9H10BN6.4C6H15P.6Fe.8S.2V/c2*1-4-11-14(7-1)10(15-8-2-5-12-15)16-9-3-6-13-16;4*1-4-7(5-2)6-3;;;;;;;;;;;;;;;;/h2*1-10H;4*4-6H2,1-3H3;;;;;;;;;;;;;;;;/q2*-1;;;;;5*+2;+3;8*-2;;+2/p+4. The van der Waals surface area contributed by atoms with Crippen molar-refractivity contribution in [3.63, 3.8) is 0 Å². The number of rotatable bonds is 18. The molecule has 0 atom stereocenters. The predicted octanol–water partition coefficient (Wildman–Crippen LogP) is 8.88. The second-order valence-electron chi connectivity index (χ2n) is 14.4. The van der Waals surface area contributed by atoms with Crippen LogP contribution in [-0.2, 0) is 247 Å². The maximum absolute atomic E-state index is 4.26. The van der Waals surface area contributed by atoms with Gasteiger partial charge in [0.15, 0.2) is 0 Å². The third-order valence-corrected chi connectivity index (χ3v) is 23.1. The molecule has 3 radical (unpaired) electrons. The van der Waals surface area contributed by atoms with E-state index in [0.29, 0.717) is 0 Å². The maximum atomic E-state index is 4.26. The molecule has 0 aliphatic carbocycles. The summed E-state index contributed by atoms with van der Waals surface area (Å²) in [5.74, 6) is 0. The molecule has 0 unspecified atom stereocenters. The average Bonchev–Trinajstić information content (AvgIpc) is 4.14. The zero-order valence-corrected chi connectivity index (χ0v) is 65.9. The Morgan fingerprint density at radius 3 is 0.434 bits per heavy atom. The number of hydrogen-bond acceptors (Lipinski definition) is 6. The Hall–Kier alpha value is 4.20. The van der Waals surface area contributed by atoms with E-state index < -0.39 is 14.2 Å². The first-order valence-electron chi connectivity index (χ1n) is 22.9. The van der Waals surface area contributed by atoms with Gasteiger partial charge in [0.1, 0.15) is 0 Å². The normalized spacial score (nSPS) is 8.45. The molecule has 0 amide bonds. The molecule has 0 spiro atoms. The Bertz CT molecular complexity index is 1420. The van der Waals surface area contributed by atoms with E-state index in [1.165, 1.54) is 73.9 Å². The SMILES string of the molecule is CC[PH+](CC)CC.CC[PH+](CC)CC.CC[PH+](CC)CC.CC[PH+](CC)CC.[Fe+2].[Fe+2].[Fe+2].[Fe+2].[Fe+2].[Fe+3].[S-2].[S-2].[S-2].[S-2].[S-2].[S-2].[S-2].[S-2].[V+2].[V].c1cnn([BH-](n2cccn2)n2cccn2)c1.c1cnn([BH-](n2cccn2)n2cccn2)c1. The topological polar surface area (TPSA) is 107 Å². The van der Waals surface area contributed by atoms with Gasteiger partial charge in [0.05, 0.1) is 73.9 Å². The van der Waals surface area contributed by atoms with Gasteiger partial charge in [0, 0.05) is 55.7 Å². The second-order valence-corrected chi connectivity index (χ2v) is 28.8. The molecular formula is C42H84B2Fe6N12P4S8V2+. The van der Waals surface area contributed by atoms with Gasteiger partial charge in [-0.2, -0.15) is 0 Å². The fraction of sp³-hybridized carbons (Fsp3) is 0.571. The minimum absolute atomic E-state index is 0. The van der Waals surface area contributed by atoms with Gasteiger partial charge < -0.3 is 136 Å². The Balaban J connectivity index is -0.0000000406. The molecule has 0 N–H and O–H groups in total. The fourth-order valence-electron chi connectivity index (χ4n) is 6.70. The fourth-order valence-corrected chi connectivity index (χ4v) is 12.7. The van der Waals surface area contributed by atoms with Crippen molar-refractivity contribution in [3.8, 4) is 0 Å². The summed E-state index contributed by atoms with van der Waals surface area (Å²) in [4.78, 5) is 0. The Morgan fingerprint density at radius 2 is 0.382 bits per heavy atom. The van der Waals surface area contributed by atoms with E-state index in [4.69, 9.17) is 0 Å². The Kier molecular flexibility index (Phi) is 134. The van der Waals surface area contributed by atoms with Gasteiger partial charge in [-0.15, -0.1) is 0 Å². The summed E-state index contributed by atoms with van der Waals surface area (Å²) in [5.41, 5.74) is 0. The maximum Gasteiger partial charge on any atom is 3.00 e. The molecule has 0 fully saturated rings. The first kappa shape index (κ1) is 122. The summed E-state index contributed by atoms with van der Waals surface area (Å²) in [6.07, 6.45) is 39.5. The molecule has 0 aromatic carbocycles. The van der Waals surface area contributed by atoms with Gasteiger partial charge >= 0.3 is 135 Å². The van der Waals surface area contributed by atoms with Crippen LogP contribution in [0.3, 0.4) is 0 Å². The van der Waals surface area contributed by atoms with E-state index in [1.54, 1.807) is 37.2 Å². The summed E-state index contributed by atoms with van der Waals surface area (Å²) in [6, 6.07) is 11.4. The number of aromatic nitrogens is 12. The largest absolute Gasteiger partial charge is 3.00 e. The van der Waals surface area contributed by atoms with Crippen molar-refractivity contribution in [2.24, 2.45) is 0 Å². The molecular weight excluding hydrogens is 1510 g/mol. The summed E-state index contributed by atoms with van der Waals surface area (Å²) >= 11 is 0. The Labute approximate surface area is 611 Å². The van der Waals surface area contributed by atoms with Crippen LogP contribution in [0.5, 0.6) is 0 Å². The van der Waals surface area contributed by atoms with Crippen molar-refractivity contribution in [2.45, 2.75) is 83.1 Å². The molecule has 0 saturated carbocycles. The van der Waals surface area contributed by atoms with Crippen molar-refractivity contribution in [3.05, 3.63) is 111 Å². The minimum atomic E-state index is -1.12. The monoisotopic (exact) mass is 1600 g/mol. The van der Waals surface area contributed by atoms with E-state index in [2.05, 4.69) is 114 Å². The van der Waals surface area contributed by atoms with Crippen LogP contribution in [0.2, 0.25) is 0 Å². The van der Waals surface area contributed by atoms with Crippen LogP contribution >= 0.6 is 31.7 Å². The van der Waals surface area contributed by atoms with E-state index in [0.717, 1.165) is 0 Å². The summed E-state index contributed by atoms with van der Waals surface area (Å²) < 4.78 is 11.2. The van der Waals surface area contributed by atoms with Crippen LogP contribution in [0.15, 0.2) is 111 Å². The van der Waals surface area contributed by atoms with Crippen LogP contribution in [0.1, 0.15) is 83.1 Å². The number of nitrogens with zero attached hydrogens (tertiary/aromatic N) is 12. The van der Waals surface area contributed by atoms with Crippen molar-refractivity contribution in [2.75, 3.05) is 73.9 Å². The molecule has 0 aliphatic heterocycles. The molecule has 12 nitrogen and oxygen atoms in total. The van der Waals surface area contributed by atoms with Gasteiger partial charge in [0.2, 0.25) is 0 Å². The van der Waals surface area contributed by atoms with E-state index >= 15 is 0 Å². The first-order valence-corrected chi connectivity index (χ1v) is 31.4. The summed E-state index contributed by atoms with van der Waals surface area (Å²) in [6.45, 7) is 27.7. The van der Waals surface area contributed by atoms with Crippen LogP contribution in [0.4, 0.5) is 0 Å². The zero-order valence-electron chi connectivity index (χ0n) is 45.9. The van der Waals surface area contributed by atoms with Crippen molar-refractivity contribution >= 4 is 154 Å². The van der Waals surface area contributed by atoms with Gasteiger partial charge in [0.25, 0.3) is 0 Å². The van der Waals surface area contributed by atoms with Crippen LogP contribution in [-0.4, -0.2) is 146 Å². The average molecular weight is 1600 g/mol. The second kappa shape index (κ2) is 83.4. The van der Waals surface area contributed by atoms with E-state index in [-0.39, 0.29) is 279 Å². The molecule has 6 heterocycles. The van der Waals surface area contributed by atoms with Gasteiger partial charge in [-0.05, 0) is 188 Å². The van der Waals surface area contributed by atoms with Gasteiger partial charge in [-0.1, -0.05) is 0 Å². The van der Waals surface area contributed by atoms with Crippen molar-refractivity contribution < 1.29 is 140 Å². The smallest absolute Gasteiger partial charge is 2.00 e. The van der Waals surface area contributed by atoms with Crippen LogP contribution < -0.4 is 0 Å². The predicted molar refractivity (Wildman–Crippen MR) is 339 cm³/mol. The van der Waals surface area contributed by atoms with E-state index in [1.807, 2.05) is 101 Å². The van der Waals surface area contributed by atoms with Crippen molar-refractivity contribution in [1.82, 2.24) is 58.1 Å².